The van der Waals surface area contributed by atoms with Crippen molar-refractivity contribution in [3.63, 3.8) is 0 Å². The van der Waals surface area contributed by atoms with Gasteiger partial charge < -0.3 is 14.8 Å². The zero-order valence-corrected chi connectivity index (χ0v) is 18.6. The van der Waals surface area contributed by atoms with Gasteiger partial charge in [0, 0.05) is 11.9 Å². The molecule has 0 unspecified atom stereocenters. The molecule has 0 bridgehead atoms. The van der Waals surface area contributed by atoms with E-state index < -0.39 is 24.3 Å². The number of nitrogens with zero attached hydrogens (tertiary/aromatic N) is 2. The Balaban J connectivity index is 0.00000408. The number of hydrogen-bond acceptors (Lipinski definition) is 5. The molecule has 1 aromatic heterocycles. The third-order valence-corrected chi connectivity index (χ3v) is 4.39. The summed E-state index contributed by atoms with van der Waals surface area (Å²) in [6.07, 6.45) is -1.29. The van der Waals surface area contributed by atoms with Gasteiger partial charge in [-0.3, -0.25) is 9.78 Å². The highest BCUT2D eigenvalue weighted by molar-refractivity contribution is 5.92. The van der Waals surface area contributed by atoms with E-state index >= 15 is 0 Å². The number of ether oxygens (including phenoxy) is 2. The number of anilines is 1. The number of methoxy groups -OCH3 is 1. The van der Waals surface area contributed by atoms with E-state index in [9.17, 15) is 23.2 Å². The van der Waals surface area contributed by atoms with Crippen molar-refractivity contribution in [2.75, 3.05) is 19.0 Å². The highest BCUT2D eigenvalue weighted by Gasteiger charge is 2.30. The molecule has 0 saturated heterocycles. The van der Waals surface area contributed by atoms with Gasteiger partial charge in [0.2, 0.25) is 0 Å². The first-order valence-corrected chi connectivity index (χ1v) is 9.61. The summed E-state index contributed by atoms with van der Waals surface area (Å²) in [5.41, 5.74) is 0.658. The lowest BCUT2D eigenvalue weighted by Gasteiger charge is -2.12. The van der Waals surface area contributed by atoms with Gasteiger partial charge in [0.05, 0.1) is 23.9 Å². The normalized spacial score (nSPS) is 11.1. The summed E-state index contributed by atoms with van der Waals surface area (Å²) in [5, 5.41) is 11.8. The first-order chi connectivity index (χ1) is 15.8. The number of rotatable bonds is 7. The number of carbonyl (C=O) groups excluding carboxylic acids is 1. The van der Waals surface area contributed by atoms with Gasteiger partial charge in [-0.25, -0.2) is 0 Å². The molecule has 0 fully saturated rings. The number of halogens is 4. The van der Waals surface area contributed by atoms with Gasteiger partial charge in [-0.1, -0.05) is 18.2 Å². The van der Waals surface area contributed by atoms with Gasteiger partial charge in [-0.15, -0.1) is 12.4 Å². The van der Waals surface area contributed by atoms with E-state index in [0.717, 1.165) is 12.1 Å². The highest BCUT2D eigenvalue weighted by atomic mass is 35.5. The smallest absolute Gasteiger partial charge is 0.416 e. The number of amides is 1. The summed E-state index contributed by atoms with van der Waals surface area (Å²) in [6, 6.07) is 16.5. The second kappa shape index (κ2) is 11.7. The molecule has 1 amide bonds. The van der Waals surface area contributed by atoms with Crippen molar-refractivity contribution in [3.8, 4) is 17.6 Å². The van der Waals surface area contributed by atoms with Gasteiger partial charge in [0.1, 0.15) is 6.07 Å². The van der Waals surface area contributed by atoms with Crippen LogP contribution in [0.5, 0.6) is 11.5 Å². The molecular formula is C24H19ClF3N3O3. The van der Waals surface area contributed by atoms with Gasteiger partial charge in [-0.05, 0) is 54.1 Å². The van der Waals surface area contributed by atoms with Crippen molar-refractivity contribution >= 4 is 35.7 Å². The molecule has 0 aliphatic carbocycles. The molecule has 6 nitrogen and oxygen atoms in total. The molecule has 0 saturated carbocycles. The van der Waals surface area contributed by atoms with Crippen LogP contribution in [0.4, 0.5) is 18.9 Å². The fraction of sp³-hybridized carbons (Fsp3) is 0.125. The Hall–Kier alpha value is -4.03. The highest BCUT2D eigenvalue weighted by Crippen LogP contribution is 2.31. The number of aromatic nitrogens is 1. The lowest BCUT2D eigenvalue weighted by Crippen LogP contribution is -2.20. The molecule has 0 spiro atoms. The van der Waals surface area contributed by atoms with Crippen LogP contribution in [-0.2, 0) is 11.0 Å². The van der Waals surface area contributed by atoms with Crippen molar-refractivity contribution in [2.45, 2.75) is 6.18 Å². The fourth-order valence-corrected chi connectivity index (χ4v) is 2.86. The average molecular weight is 490 g/mol. The monoisotopic (exact) mass is 489 g/mol. The number of nitriles is 1. The summed E-state index contributed by atoms with van der Waals surface area (Å²) in [5.74, 6) is -0.0682. The van der Waals surface area contributed by atoms with Crippen LogP contribution in [-0.4, -0.2) is 24.6 Å². The van der Waals surface area contributed by atoms with Crippen molar-refractivity contribution in [2.24, 2.45) is 0 Å². The Labute approximate surface area is 200 Å². The van der Waals surface area contributed by atoms with Crippen LogP contribution in [0.2, 0.25) is 0 Å². The molecule has 1 heterocycles. The Morgan fingerprint density at radius 3 is 2.56 bits per heavy atom. The van der Waals surface area contributed by atoms with E-state index in [4.69, 9.17) is 9.47 Å². The van der Waals surface area contributed by atoms with Crippen LogP contribution in [0.25, 0.3) is 11.6 Å². The molecular weight excluding hydrogens is 471 g/mol. The van der Waals surface area contributed by atoms with E-state index in [1.807, 2.05) is 0 Å². The molecule has 3 aromatic rings. The standard InChI is InChI=1S/C24H18F3N3O3.ClH/c1-32-22-12-16(11-17(14-28)20-7-2-3-10-29-20)8-9-21(22)33-15-23(31)30-19-6-4-5-18(13-19)24(25,26)27;/h2-13H,15H2,1H3,(H,30,31);1H. The number of hydrogen-bond donors (Lipinski definition) is 1. The van der Waals surface area contributed by atoms with Crippen LogP contribution in [0.3, 0.4) is 0 Å². The Kier molecular flexibility index (Phi) is 9.04. The molecule has 3 rings (SSSR count). The zero-order chi connectivity index (χ0) is 23.8. The molecule has 0 aliphatic rings. The Morgan fingerprint density at radius 1 is 1.12 bits per heavy atom. The molecule has 176 valence electrons. The van der Waals surface area contributed by atoms with Gasteiger partial charge >= 0.3 is 6.18 Å². The molecule has 0 radical (unpaired) electrons. The van der Waals surface area contributed by atoms with Crippen LogP contribution < -0.4 is 14.8 Å². The van der Waals surface area contributed by atoms with Crippen molar-refractivity contribution in [1.29, 1.82) is 5.26 Å². The maximum absolute atomic E-state index is 12.8. The summed E-state index contributed by atoms with van der Waals surface area (Å²) in [4.78, 5) is 16.3. The minimum Gasteiger partial charge on any atom is -0.493 e. The first-order valence-electron chi connectivity index (χ1n) is 9.61. The Bertz CT molecular complexity index is 1210. The number of alkyl halides is 3. The maximum Gasteiger partial charge on any atom is 0.416 e. The SMILES string of the molecule is COc1cc(C=C(C#N)c2ccccn2)ccc1OCC(=O)Nc1cccc(C(F)(F)F)c1.Cl. The molecule has 10 heteroatoms. The molecule has 0 aliphatic heterocycles. The van der Waals surface area contributed by atoms with Crippen LogP contribution in [0.1, 0.15) is 16.8 Å². The third-order valence-electron chi connectivity index (χ3n) is 4.39. The quantitative estimate of drug-likeness (QED) is 0.436. The predicted octanol–water partition coefficient (Wildman–Crippen LogP) is 5.61. The van der Waals surface area contributed by atoms with E-state index in [1.165, 1.54) is 19.2 Å². The number of pyridine rings is 1. The second-order valence-electron chi connectivity index (χ2n) is 6.71. The fourth-order valence-electron chi connectivity index (χ4n) is 2.86. The average Bonchev–Trinajstić information content (AvgIpc) is 2.81. The van der Waals surface area contributed by atoms with E-state index in [2.05, 4.69) is 16.4 Å². The number of benzene rings is 2. The zero-order valence-electron chi connectivity index (χ0n) is 17.8. The van der Waals surface area contributed by atoms with Gasteiger partial charge in [0.15, 0.2) is 18.1 Å². The van der Waals surface area contributed by atoms with Crippen molar-refractivity contribution in [3.05, 3.63) is 83.7 Å². The summed E-state index contributed by atoms with van der Waals surface area (Å²) >= 11 is 0. The largest absolute Gasteiger partial charge is 0.493 e. The minimum absolute atomic E-state index is 0. The van der Waals surface area contributed by atoms with E-state index in [-0.39, 0.29) is 23.8 Å². The van der Waals surface area contributed by atoms with Gasteiger partial charge in [0.25, 0.3) is 5.91 Å². The van der Waals surface area contributed by atoms with Crippen LogP contribution >= 0.6 is 12.4 Å². The van der Waals surface area contributed by atoms with E-state index in [0.29, 0.717) is 22.6 Å². The van der Waals surface area contributed by atoms with E-state index in [1.54, 1.807) is 48.7 Å². The Morgan fingerprint density at radius 2 is 1.91 bits per heavy atom. The second-order valence-corrected chi connectivity index (χ2v) is 6.71. The molecule has 1 N–H and O–H groups in total. The molecule has 0 atom stereocenters. The lowest BCUT2D eigenvalue weighted by atomic mass is 10.1. The summed E-state index contributed by atoms with van der Waals surface area (Å²) < 4.78 is 49.2. The molecule has 34 heavy (non-hydrogen) atoms. The van der Waals surface area contributed by atoms with Crippen LogP contribution in [0.15, 0.2) is 66.9 Å². The minimum atomic E-state index is -4.51. The molecule has 2 aromatic carbocycles. The maximum atomic E-state index is 12.8. The summed E-state index contributed by atoms with van der Waals surface area (Å²) in [6.45, 7) is -0.445. The number of carbonyl (C=O) groups is 1. The van der Waals surface area contributed by atoms with Crippen molar-refractivity contribution < 1.29 is 27.4 Å². The van der Waals surface area contributed by atoms with Crippen LogP contribution in [0, 0.1) is 11.3 Å². The lowest BCUT2D eigenvalue weighted by molar-refractivity contribution is -0.137. The summed E-state index contributed by atoms with van der Waals surface area (Å²) in [7, 11) is 1.42. The first kappa shape index (κ1) is 26.2. The van der Waals surface area contributed by atoms with Gasteiger partial charge in [-0.2, -0.15) is 18.4 Å². The number of allylic oxidation sites excluding steroid dienone is 1. The number of nitrogens with one attached hydrogen (secondary N) is 1. The third kappa shape index (κ3) is 6.98. The predicted molar refractivity (Wildman–Crippen MR) is 124 cm³/mol. The topological polar surface area (TPSA) is 84.2 Å². The van der Waals surface area contributed by atoms with Crippen molar-refractivity contribution in [1.82, 2.24) is 4.98 Å².